The van der Waals surface area contributed by atoms with Gasteiger partial charge in [0.2, 0.25) is 0 Å². The topological polar surface area (TPSA) is 63.6 Å². The van der Waals surface area contributed by atoms with Crippen molar-refractivity contribution in [1.82, 2.24) is 0 Å². The highest BCUT2D eigenvalue weighted by Gasteiger charge is 2.14. The molecule has 4 heteroatoms. The van der Waals surface area contributed by atoms with Crippen LogP contribution in [-0.4, -0.2) is 23.1 Å². The van der Waals surface area contributed by atoms with Crippen molar-refractivity contribution in [1.29, 1.82) is 0 Å². The first-order chi connectivity index (χ1) is 22.6. The molecule has 1 atom stereocenters. The minimum absolute atomic E-state index is 0.0161. The monoisotopic (exact) mass is 643 g/mol. The van der Waals surface area contributed by atoms with Gasteiger partial charge in [0.1, 0.15) is 6.10 Å². The van der Waals surface area contributed by atoms with Crippen molar-refractivity contribution in [2.24, 2.45) is 0 Å². The normalized spacial score (nSPS) is 12.7. The van der Waals surface area contributed by atoms with Crippen LogP contribution in [0.4, 0.5) is 0 Å². The van der Waals surface area contributed by atoms with E-state index in [-0.39, 0.29) is 12.1 Å². The van der Waals surface area contributed by atoms with Gasteiger partial charge in [0.05, 0.1) is 0 Å². The number of carbonyl (C=O) groups is 2. The molecule has 0 fully saturated rings. The van der Waals surface area contributed by atoms with Crippen molar-refractivity contribution >= 4 is 11.9 Å². The zero-order valence-electron chi connectivity index (χ0n) is 30.4. The summed E-state index contributed by atoms with van der Waals surface area (Å²) in [6.07, 6.45) is 50.2. The van der Waals surface area contributed by atoms with E-state index in [0.29, 0.717) is 12.8 Å². The van der Waals surface area contributed by atoms with Gasteiger partial charge in [0.25, 0.3) is 0 Å². The Hall–Kier alpha value is -2.10. The fourth-order valence-corrected chi connectivity index (χ4v) is 5.65. The summed E-state index contributed by atoms with van der Waals surface area (Å²) < 4.78 is 5.94. The number of hydrogen-bond acceptors (Lipinski definition) is 3. The van der Waals surface area contributed by atoms with E-state index in [9.17, 15) is 9.59 Å². The average molecular weight is 643 g/mol. The van der Waals surface area contributed by atoms with Gasteiger partial charge in [-0.15, -0.1) is 0 Å². The molecule has 1 N–H and O–H groups in total. The number of aliphatic carboxylic acids is 1. The number of carboxylic acids is 1. The number of allylic oxidation sites excluding steroid dienone is 8. The van der Waals surface area contributed by atoms with Crippen LogP contribution in [0, 0.1) is 0 Å². The van der Waals surface area contributed by atoms with Gasteiger partial charge in [0, 0.05) is 12.8 Å². The fraction of sp³-hybridized carbons (Fsp3) is 0.762. The van der Waals surface area contributed by atoms with Crippen LogP contribution in [0.25, 0.3) is 0 Å². The molecule has 0 aromatic rings. The molecule has 0 heterocycles. The third-order valence-electron chi connectivity index (χ3n) is 8.55. The third-order valence-corrected chi connectivity index (χ3v) is 8.55. The summed E-state index contributed by atoms with van der Waals surface area (Å²) in [4.78, 5) is 23.1. The van der Waals surface area contributed by atoms with Gasteiger partial charge >= 0.3 is 11.9 Å². The van der Waals surface area contributed by atoms with Crippen LogP contribution >= 0.6 is 0 Å². The standard InChI is InChI=1S/C42H74O4/c1-3-5-7-8-9-10-11-12-13-14-15-19-22-25-28-31-35-39-42(45)46-40(36-32-6-4-2)37-33-29-26-23-20-17-16-18-21-24-27-30-34-38-41(43)44/h9-10,12-13,15,19,25,28,40H,3-8,11,14,16-18,20-24,26-27,29-39H2,1-2H3,(H,43,44)/b10-9-,13-12-,19-15-,28-25-. The fourth-order valence-electron chi connectivity index (χ4n) is 5.65. The number of rotatable bonds is 35. The first-order valence-corrected chi connectivity index (χ1v) is 19.6. The molecule has 0 aromatic heterocycles. The van der Waals surface area contributed by atoms with Gasteiger partial charge < -0.3 is 9.84 Å². The molecular formula is C42H74O4. The number of carboxylic acid groups (broad SMARTS) is 1. The Morgan fingerprint density at radius 1 is 0.478 bits per heavy atom. The Morgan fingerprint density at radius 3 is 1.35 bits per heavy atom. The summed E-state index contributed by atoms with van der Waals surface area (Å²) >= 11 is 0. The highest BCUT2D eigenvalue weighted by molar-refractivity contribution is 5.69. The Morgan fingerprint density at radius 2 is 0.870 bits per heavy atom. The second kappa shape index (κ2) is 37.4. The molecule has 0 aliphatic rings. The molecule has 4 nitrogen and oxygen atoms in total. The van der Waals surface area contributed by atoms with E-state index in [0.717, 1.165) is 70.6 Å². The maximum absolute atomic E-state index is 12.5. The molecular weight excluding hydrogens is 568 g/mol. The molecule has 0 saturated carbocycles. The minimum atomic E-state index is -0.671. The number of esters is 1. The Balaban J connectivity index is 3.85. The van der Waals surface area contributed by atoms with Crippen LogP contribution in [0.15, 0.2) is 48.6 Å². The maximum Gasteiger partial charge on any atom is 0.306 e. The quantitative estimate of drug-likeness (QED) is 0.0424. The van der Waals surface area contributed by atoms with Crippen LogP contribution in [0.5, 0.6) is 0 Å². The van der Waals surface area contributed by atoms with Gasteiger partial charge in [-0.1, -0.05) is 159 Å². The van der Waals surface area contributed by atoms with E-state index in [1.54, 1.807) is 0 Å². The van der Waals surface area contributed by atoms with Gasteiger partial charge in [-0.3, -0.25) is 9.59 Å². The number of hydrogen-bond donors (Lipinski definition) is 1. The lowest BCUT2D eigenvalue weighted by atomic mass is 10.0. The molecule has 266 valence electrons. The van der Waals surface area contributed by atoms with Crippen LogP contribution in [-0.2, 0) is 14.3 Å². The van der Waals surface area contributed by atoms with Gasteiger partial charge in [0.15, 0.2) is 0 Å². The maximum atomic E-state index is 12.5. The van der Waals surface area contributed by atoms with Crippen molar-refractivity contribution in [2.45, 2.75) is 206 Å². The molecule has 0 amide bonds. The zero-order chi connectivity index (χ0) is 33.6. The first kappa shape index (κ1) is 43.9. The van der Waals surface area contributed by atoms with E-state index >= 15 is 0 Å². The van der Waals surface area contributed by atoms with Crippen molar-refractivity contribution < 1.29 is 19.4 Å². The zero-order valence-corrected chi connectivity index (χ0v) is 30.4. The van der Waals surface area contributed by atoms with E-state index in [4.69, 9.17) is 9.84 Å². The van der Waals surface area contributed by atoms with Gasteiger partial charge in [-0.25, -0.2) is 0 Å². The summed E-state index contributed by atoms with van der Waals surface area (Å²) in [6.45, 7) is 4.47. The number of carbonyl (C=O) groups excluding carboxylic acids is 1. The average Bonchev–Trinajstić information content (AvgIpc) is 3.04. The smallest absolute Gasteiger partial charge is 0.306 e. The third kappa shape index (κ3) is 36.4. The highest BCUT2D eigenvalue weighted by Crippen LogP contribution is 2.18. The number of ether oxygens (including phenoxy) is 1. The van der Waals surface area contributed by atoms with E-state index in [1.807, 2.05) is 0 Å². The summed E-state index contributed by atoms with van der Waals surface area (Å²) in [6, 6.07) is 0. The van der Waals surface area contributed by atoms with Crippen molar-refractivity contribution in [2.75, 3.05) is 0 Å². The van der Waals surface area contributed by atoms with Crippen LogP contribution in [0.2, 0.25) is 0 Å². The largest absolute Gasteiger partial charge is 0.481 e. The molecule has 46 heavy (non-hydrogen) atoms. The van der Waals surface area contributed by atoms with Crippen LogP contribution in [0.3, 0.4) is 0 Å². The van der Waals surface area contributed by atoms with Crippen LogP contribution in [0.1, 0.15) is 200 Å². The second-order valence-corrected chi connectivity index (χ2v) is 13.1. The molecule has 0 radical (unpaired) electrons. The molecule has 0 rings (SSSR count). The van der Waals surface area contributed by atoms with Gasteiger partial charge in [-0.2, -0.15) is 0 Å². The minimum Gasteiger partial charge on any atom is -0.481 e. The SMILES string of the molecule is CCCCC/C=C\C/C=C\C/C=C\C/C=C\CCCC(=O)OC(CCCCC)CCCCCCCCCCCCCCCC(=O)O. The Labute approximate surface area is 285 Å². The molecule has 0 aliphatic heterocycles. The summed E-state index contributed by atoms with van der Waals surface area (Å²) in [5, 5.41) is 8.67. The summed E-state index contributed by atoms with van der Waals surface area (Å²) in [7, 11) is 0. The molecule has 0 spiro atoms. The second-order valence-electron chi connectivity index (χ2n) is 13.1. The van der Waals surface area contributed by atoms with Gasteiger partial charge in [-0.05, 0) is 77.0 Å². The first-order valence-electron chi connectivity index (χ1n) is 19.6. The Bertz CT molecular complexity index is 779. The number of unbranched alkanes of at least 4 members (excludes halogenated alkanes) is 18. The van der Waals surface area contributed by atoms with E-state index < -0.39 is 5.97 Å². The lowest BCUT2D eigenvalue weighted by Crippen LogP contribution is -2.18. The lowest BCUT2D eigenvalue weighted by molar-refractivity contribution is -0.150. The Kier molecular flexibility index (Phi) is 35.7. The predicted octanol–water partition coefficient (Wildman–Crippen LogP) is 13.6. The molecule has 0 saturated heterocycles. The molecule has 0 aromatic carbocycles. The van der Waals surface area contributed by atoms with E-state index in [1.165, 1.54) is 103 Å². The lowest BCUT2D eigenvalue weighted by Gasteiger charge is -2.18. The summed E-state index contributed by atoms with van der Waals surface area (Å²) in [5.41, 5.74) is 0. The van der Waals surface area contributed by atoms with Crippen LogP contribution < -0.4 is 0 Å². The highest BCUT2D eigenvalue weighted by atomic mass is 16.5. The predicted molar refractivity (Wildman–Crippen MR) is 199 cm³/mol. The summed E-state index contributed by atoms with van der Waals surface area (Å²) in [5.74, 6) is -0.687. The molecule has 1 unspecified atom stereocenters. The molecule has 0 aliphatic carbocycles. The van der Waals surface area contributed by atoms with Crippen molar-refractivity contribution in [3.05, 3.63) is 48.6 Å². The van der Waals surface area contributed by atoms with E-state index in [2.05, 4.69) is 62.5 Å². The van der Waals surface area contributed by atoms with Crippen molar-refractivity contribution in [3.8, 4) is 0 Å². The van der Waals surface area contributed by atoms with Crippen molar-refractivity contribution in [3.63, 3.8) is 0 Å². The molecule has 0 bridgehead atoms.